The Morgan fingerprint density at radius 2 is 1.62 bits per heavy atom. The molecule has 37 heavy (non-hydrogen) atoms. The first-order chi connectivity index (χ1) is 17.6. The van der Waals surface area contributed by atoms with E-state index in [1.165, 1.54) is 18.2 Å². The minimum Gasteiger partial charge on any atom is -0.506 e. The summed E-state index contributed by atoms with van der Waals surface area (Å²) < 4.78 is 36.0. The fourth-order valence-electron chi connectivity index (χ4n) is 3.51. The van der Waals surface area contributed by atoms with Crippen LogP contribution in [-0.4, -0.2) is 56.7 Å². The number of esters is 1. The van der Waals surface area contributed by atoms with E-state index in [1.54, 1.807) is 19.1 Å². The first-order valence-electron chi connectivity index (χ1n) is 11.8. The van der Waals surface area contributed by atoms with Gasteiger partial charge in [0.25, 0.3) is 0 Å². The van der Waals surface area contributed by atoms with Gasteiger partial charge in [-0.05, 0) is 66.9 Å². The maximum atomic E-state index is 11.8. The number of hydrogen-bond donors (Lipinski definition) is 4. The van der Waals surface area contributed by atoms with E-state index >= 15 is 0 Å². The van der Waals surface area contributed by atoms with Crippen molar-refractivity contribution in [3.63, 3.8) is 0 Å². The molecule has 3 aromatic carbocycles. The maximum absolute atomic E-state index is 11.8. The molecule has 0 fully saturated rings. The Bertz CT molecular complexity index is 1290. The van der Waals surface area contributed by atoms with Crippen molar-refractivity contribution in [1.82, 2.24) is 5.32 Å². The van der Waals surface area contributed by atoms with Gasteiger partial charge in [-0.15, -0.1) is 0 Å². The molecule has 0 heterocycles. The molecule has 0 bridgehead atoms. The van der Waals surface area contributed by atoms with Crippen molar-refractivity contribution in [3.05, 3.63) is 77.9 Å². The monoisotopic (exact) mass is 528 g/mol. The van der Waals surface area contributed by atoms with Crippen LogP contribution < -0.4 is 14.8 Å². The Morgan fingerprint density at radius 3 is 2.22 bits per heavy atom. The molecule has 0 aliphatic heterocycles. The van der Waals surface area contributed by atoms with Gasteiger partial charge in [0.1, 0.15) is 18.1 Å². The fourth-order valence-corrected chi connectivity index (χ4v) is 4.07. The van der Waals surface area contributed by atoms with E-state index in [2.05, 4.69) is 10.0 Å². The summed E-state index contributed by atoms with van der Waals surface area (Å²) in [5, 5.41) is 23.5. The maximum Gasteiger partial charge on any atom is 0.338 e. The summed E-state index contributed by atoms with van der Waals surface area (Å²) in [5.74, 6) is 0.122. The van der Waals surface area contributed by atoms with Gasteiger partial charge >= 0.3 is 5.97 Å². The molecule has 0 radical (unpaired) electrons. The van der Waals surface area contributed by atoms with Crippen molar-refractivity contribution in [1.29, 1.82) is 0 Å². The fraction of sp³-hybridized carbons (Fsp3) is 0.296. The van der Waals surface area contributed by atoms with Crippen molar-refractivity contribution < 1.29 is 32.9 Å². The van der Waals surface area contributed by atoms with Crippen LogP contribution in [0.3, 0.4) is 0 Å². The third-order valence-corrected chi connectivity index (χ3v) is 6.03. The van der Waals surface area contributed by atoms with Gasteiger partial charge in [-0.3, -0.25) is 4.72 Å². The number of benzene rings is 3. The molecule has 4 N–H and O–H groups in total. The van der Waals surface area contributed by atoms with Gasteiger partial charge in [-0.2, -0.15) is 0 Å². The quantitative estimate of drug-likeness (QED) is 0.207. The number of carbonyl (C=O) groups excluding carboxylic acids is 1. The second kappa shape index (κ2) is 12.6. The summed E-state index contributed by atoms with van der Waals surface area (Å²) in [6.45, 7) is 4.58. The molecular weight excluding hydrogens is 496 g/mol. The average Bonchev–Trinajstić information content (AvgIpc) is 2.87. The van der Waals surface area contributed by atoms with Crippen molar-refractivity contribution >= 4 is 21.7 Å². The van der Waals surface area contributed by atoms with Crippen LogP contribution >= 0.6 is 0 Å². The minimum absolute atomic E-state index is 0.00817. The molecule has 0 unspecified atom stereocenters. The van der Waals surface area contributed by atoms with E-state index in [1.807, 2.05) is 43.3 Å². The van der Waals surface area contributed by atoms with E-state index in [4.69, 9.17) is 9.47 Å². The van der Waals surface area contributed by atoms with E-state index in [9.17, 15) is 23.4 Å². The second-order valence-corrected chi connectivity index (χ2v) is 10.4. The molecule has 0 saturated carbocycles. The molecule has 0 aliphatic rings. The zero-order chi connectivity index (χ0) is 27.0. The van der Waals surface area contributed by atoms with Crippen LogP contribution in [0.5, 0.6) is 11.5 Å². The molecular formula is C27H32N2O7S. The van der Waals surface area contributed by atoms with Gasteiger partial charge in [0.2, 0.25) is 10.0 Å². The molecule has 0 amide bonds. The first kappa shape index (κ1) is 28.0. The summed E-state index contributed by atoms with van der Waals surface area (Å²) in [7, 11) is -3.57. The van der Waals surface area contributed by atoms with Gasteiger partial charge in [-0.25, -0.2) is 13.2 Å². The normalized spacial score (nSPS) is 13.0. The lowest BCUT2D eigenvalue weighted by atomic mass is 10.0. The van der Waals surface area contributed by atoms with Crippen LogP contribution in [0.25, 0.3) is 11.1 Å². The predicted octanol–water partition coefficient (Wildman–Crippen LogP) is 3.70. The SMILES string of the molecule is CCOC(=O)c1ccc(-c2ccc(OC[C@@H](C)NC[C@@H](O)c3ccc(O)c(NS(C)(=O)=O)c3)cc2)cc1. The molecule has 10 heteroatoms. The highest BCUT2D eigenvalue weighted by molar-refractivity contribution is 7.92. The molecule has 0 aromatic heterocycles. The highest BCUT2D eigenvalue weighted by Gasteiger charge is 2.14. The Balaban J connectivity index is 1.49. The lowest BCUT2D eigenvalue weighted by Crippen LogP contribution is -2.34. The minimum atomic E-state index is -3.57. The Labute approximate surface area is 217 Å². The number of aliphatic hydroxyl groups is 1. The zero-order valence-corrected chi connectivity index (χ0v) is 21.8. The van der Waals surface area contributed by atoms with Crippen LogP contribution in [0.2, 0.25) is 0 Å². The van der Waals surface area contributed by atoms with Crippen molar-refractivity contribution in [2.75, 3.05) is 30.7 Å². The van der Waals surface area contributed by atoms with Gasteiger partial charge in [-0.1, -0.05) is 30.3 Å². The number of carbonyl (C=O) groups is 1. The Morgan fingerprint density at radius 1 is 1.00 bits per heavy atom. The third kappa shape index (κ3) is 8.49. The van der Waals surface area contributed by atoms with Crippen LogP contribution in [0, 0.1) is 0 Å². The average molecular weight is 529 g/mol. The predicted molar refractivity (Wildman–Crippen MR) is 142 cm³/mol. The highest BCUT2D eigenvalue weighted by Crippen LogP contribution is 2.28. The smallest absolute Gasteiger partial charge is 0.338 e. The van der Waals surface area contributed by atoms with E-state index in [0.29, 0.717) is 30.1 Å². The Hall–Kier alpha value is -3.60. The second-order valence-electron chi connectivity index (χ2n) is 8.61. The number of phenols is 1. The molecule has 3 rings (SSSR count). The van der Waals surface area contributed by atoms with Gasteiger partial charge in [0, 0.05) is 12.6 Å². The molecule has 2 atom stereocenters. The number of anilines is 1. The van der Waals surface area contributed by atoms with E-state index < -0.39 is 16.1 Å². The summed E-state index contributed by atoms with van der Waals surface area (Å²) >= 11 is 0. The zero-order valence-electron chi connectivity index (χ0n) is 21.0. The number of ether oxygens (including phenoxy) is 2. The summed E-state index contributed by atoms with van der Waals surface area (Å²) in [6.07, 6.45) is 0.0643. The number of rotatable bonds is 12. The summed E-state index contributed by atoms with van der Waals surface area (Å²) in [5.41, 5.74) is 2.92. The van der Waals surface area contributed by atoms with Crippen LogP contribution in [-0.2, 0) is 14.8 Å². The first-order valence-corrected chi connectivity index (χ1v) is 13.7. The van der Waals surface area contributed by atoms with Crippen molar-refractivity contribution in [2.24, 2.45) is 0 Å². The van der Waals surface area contributed by atoms with Crippen LogP contribution in [0.15, 0.2) is 66.7 Å². The third-order valence-electron chi connectivity index (χ3n) is 5.44. The number of aromatic hydroxyl groups is 1. The lowest BCUT2D eigenvalue weighted by molar-refractivity contribution is 0.0526. The molecule has 9 nitrogen and oxygen atoms in total. The topological polar surface area (TPSA) is 134 Å². The number of hydrogen-bond acceptors (Lipinski definition) is 8. The van der Waals surface area contributed by atoms with Crippen LogP contribution in [0.1, 0.15) is 35.9 Å². The molecule has 0 saturated heterocycles. The molecule has 0 spiro atoms. The van der Waals surface area contributed by atoms with Gasteiger partial charge in [0.15, 0.2) is 0 Å². The van der Waals surface area contributed by atoms with Crippen molar-refractivity contribution in [3.8, 4) is 22.6 Å². The standard InChI is InChI=1S/C27H32N2O7S/c1-4-35-27(32)21-7-5-19(6-8-21)20-9-12-23(13-10-20)36-17-18(2)28-16-26(31)22-11-14-25(30)24(15-22)29-37(3,33)34/h5-15,18,26,28-31H,4,16-17H2,1-3H3/t18-,26-/m1/s1. The molecule has 3 aromatic rings. The number of phenolic OH excluding ortho intramolecular Hbond substituents is 1. The van der Waals surface area contributed by atoms with Gasteiger partial charge < -0.3 is 25.0 Å². The number of sulfonamides is 1. The highest BCUT2D eigenvalue weighted by atomic mass is 32.2. The summed E-state index contributed by atoms with van der Waals surface area (Å²) in [6, 6.07) is 19.0. The lowest BCUT2D eigenvalue weighted by Gasteiger charge is -2.19. The number of nitrogens with one attached hydrogen (secondary N) is 2. The summed E-state index contributed by atoms with van der Waals surface area (Å²) in [4.78, 5) is 11.8. The van der Waals surface area contributed by atoms with E-state index in [0.717, 1.165) is 17.4 Å². The van der Waals surface area contributed by atoms with Crippen LogP contribution in [0.4, 0.5) is 5.69 Å². The largest absolute Gasteiger partial charge is 0.506 e. The number of aliphatic hydroxyl groups excluding tert-OH is 1. The molecule has 0 aliphatic carbocycles. The van der Waals surface area contributed by atoms with Crippen molar-refractivity contribution in [2.45, 2.75) is 26.0 Å². The molecule has 198 valence electrons. The van der Waals surface area contributed by atoms with E-state index in [-0.39, 0.29) is 30.0 Å². The Kier molecular flexibility index (Phi) is 9.51. The van der Waals surface area contributed by atoms with Gasteiger partial charge in [0.05, 0.1) is 30.2 Å².